The normalized spacial score (nSPS) is 12.7. The Hall–Kier alpha value is -2.20. The van der Waals surface area contributed by atoms with Crippen LogP contribution in [-0.4, -0.2) is 19.9 Å². The molecule has 1 atom stereocenters. The van der Waals surface area contributed by atoms with E-state index in [2.05, 4.69) is 29.1 Å². The number of aliphatic hydroxyl groups is 1. The van der Waals surface area contributed by atoms with Crippen LogP contribution in [0.1, 0.15) is 30.0 Å². The third-order valence-electron chi connectivity index (χ3n) is 3.83. The first-order chi connectivity index (χ1) is 10.2. The van der Waals surface area contributed by atoms with E-state index >= 15 is 0 Å². The fraction of sp³-hybridized carbons (Fsp3) is 0.294. The maximum Gasteiger partial charge on any atom is 0.0863 e. The standard InChI is InChI=1S/C17H19N3O/c1-3-20-16-9-5-4-7-14(16)15(19-20)11-17(21)13-8-6-10-18-12(13)2/h4-10,17,21H,3,11H2,1-2H3. The van der Waals surface area contributed by atoms with E-state index in [1.165, 1.54) is 0 Å². The summed E-state index contributed by atoms with van der Waals surface area (Å²) in [6, 6.07) is 11.9. The van der Waals surface area contributed by atoms with Crippen molar-refractivity contribution < 1.29 is 5.11 Å². The van der Waals surface area contributed by atoms with Crippen LogP contribution in [0.15, 0.2) is 42.6 Å². The zero-order chi connectivity index (χ0) is 14.8. The number of fused-ring (bicyclic) bond motifs is 1. The van der Waals surface area contributed by atoms with E-state index in [9.17, 15) is 5.11 Å². The quantitative estimate of drug-likeness (QED) is 0.799. The summed E-state index contributed by atoms with van der Waals surface area (Å²) in [6.45, 7) is 4.81. The molecule has 2 aromatic heterocycles. The molecule has 3 rings (SSSR count). The summed E-state index contributed by atoms with van der Waals surface area (Å²) in [5.74, 6) is 0. The molecule has 0 aliphatic carbocycles. The van der Waals surface area contributed by atoms with Gasteiger partial charge < -0.3 is 5.11 Å². The molecule has 0 saturated heterocycles. The van der Waals surface area contributed by atoms with Crippen LogP contribution in [0, 0.1) is 6.92 Å². The van der Waals surface area contributed by atoms with Crippen molar-refractivity contribution in [1.29, 1.82) is 0 Å². The Labute approximate surface area is 124 Å². The van der Waals surface area contributed by atoms with Crippen molar-refractivity contribution in [1.82, 2.24) is 14.8 Å². The van der Waals surface area contributed by atoms with Crippen LogP contribution in [0.2, 0.25) is 0 Å². The summed E-state index contributed by atoms with van der Waals surface area (Å²) in [4.78, 5) is 4.24. The fourth-order valence-corrected chi connectivity index (χ4v) is 2.73. The Morgan fingerprint density at radius 1 is 1.19 bits per heavy atom. The molecule has 0 fully saturated rings. The molecule has 1 aromatic carbocycles. The van der Waals surface area contributed by atoms with Gasteiger partial charge in [-0.2, -0.15) is 5.10 Å². The van der Waals surface area contributed by atoms with Crippen molar-refractivity contribution in [3.05, 3.63) is 59.5 Å². The average molecular weight is 281 g/mol. The maximum atomic E-state index is 10.5. The smallest absolute Gasteiger partial charge is 0.0863 e. The summed E-state index contributed by atoms with van der Waals surface area (Å²) in [5.41, 5.74) is 3.78. The van der Waals surface area contributed by atoms with Crippen LogP contribution >= 0.6 is 0 Å². The minimum absolute atomic E-state index is 0.500. The lowest BCUT2D eigenvalue weighted by molar-refractivity contribution is 0.176. The highest BCUT2D eigenvalue weighted by molar-refractivity contribution is 5.82. The predicted octanol–water partition coefficient (Wildman–Crippen LogP) is 3.04. The molecular weight excluding hydrogens is 262 g/mol. The lowest BCUT2D eigenvalue weighted by Gasteiger charge is -2.11. The first kappa shape index (κ1) is 13.8. The molecule has 1 unspecified atom stereocenters. The van der Waals surface area contributed by atoms with Gasteiger partial charge in [0.2, 0.25) is 0 Å². The van der Waals surface area contributed by atoms with Crippen molar-refractivity contribution in [2.75, 3.05) is 0 Å². The molecule has 21 heavy (non-hydrogen) atoms. The van der Waals surface area contributed by atoms with E-state index < -0.39 is 6.10 Å². The lowest BCUT2D eigenvalue weighted by Crippen LogP contribution is -2.06. The Kier molecular flexibility index (Phi) is 3.71. The van der Waals surface area contributed by atoms with Gasteiger partial charge in [0, 0.05) is 35.8 Å². The van der Waals surface area contributed by atoms with E-state index in [4.69, 9.17) is 0 Å². The molecule has 0 saturated carbocycles. The number of aromatic nitrogens is 3. The number of benzene rings is 1. The molecule has 0 spiro atoms. The van der Waals surface area contributed by atoms with Gasteiger partial charge in [0.05, 0.1) is 17.3 Å². The first-order valence-electron chi connectivity index (χ1n) is 7.24. The van der Waals surface area contributed by atoms with Gasteiger partial charge in [-0.15, -0.1) is 0 Å². The number of para-hydroxylation sites is 1. The summed E-state index contributed by atoms with van der Waals surface area (Å²) in [7, 11) is 0. The predicted molar refractivity (Wildman–Crippen MR) is 83.0 cm³/mol. The highest BCUT2D eigenvalue weighted by Gasteiger charge is 2.16. The van der Waals surface area contributed by atoms with Crippen LogP contribution in [0.4, 0.5) is 0 Å². The van der Waals surface area contributed by atoms with Crippen LogP contribution in [0.3, 0.4) is 0 Å². The number of nitrogens with zero attached hydrogens (tertiary/aromatic N) is 3. The zero-order valence-electron chi connectivity index (χ0n) is 12.3. The van der Waals surface area contributed by atoms with Gasteiger partial charge in [-0.3, -0.25) is 9.67 Å². The van der Waals surface area contributed by atoms with Crippen LogP contribution in [-0.2, 0) is 13.0 Å². The Morgan fingerprint density at radius 3 is 2.76 bits per heavy atom. The number of rotatable bonds is 4. The number of aliphatic hydroxyl groups excluding tert-OH is 1. The van der Waals surface area contributed by atoms with Crippen molar-refractivity contribution in [3.63, 3.8) is 0 Å². The van der Waals surface area contributed by atoms with Gasteiger partial charge in [-0.1, -0.05) is 24.3 Å². The number of aryl methyl sites for hydroxylation is 2. The molecule has 0 aliphatic heterocycles. The maximum absolute atomic E-state index is 10.5. The highest BCUT2D eigenvalue weighted by Crippen LogP contribution is 2.25. The third kappa shape index (κ3) is 2.54. The van der Waals surface area contributed by atoms with E-state index in [1.54, 1.807) is 6.20 Å². The molecule has 2 heterocycles. The van der Waals surface area contributed by atoms with Gasteiger partial charge in [0.15, 0.2) is 0 Å². The van der Waals surface area contributed by atoms with Crippen LogP contribution in [0.25, 0.3) is 10.9 Å². The summed E-state index contributed by atoms with van der Waals surface area (Å²) >= 11 is 0. The first-order valence-corrected chi connectivity index (χ1v) is 7.24. The van der Waals surface area contributed by atoms with E-state index in [1.807, 2.05) is 35.9 Å². The molecule has 0 radical (unpaired) electrons. The minimum atomic E-state index is -0.581. The molecule has 0 bridgehead atoms. The monoisotopic (exact) mass is 281 g/mol. The van der Waals surface area contributed by atoms with Crippen molar-refractivity contribution >= 4 is 10.9 Å². The second kappa shape index (κ2) is 5.66. The van der Waals surface area contributed by atoms with Crippen LogP contribution in [0.5, 0.6) is 0 Å². The molecule has 108 valence electrons. The summed E-state index contributed by atoms with van der Waals surface area (Å²) in [6.07, 6.45) is 1.66. The fourth-order valence-electron chi connectivity index (χ4n) is 2.73. The summed E-state index contributed by atoms with van der Waals surface area (Å²) in [5, 5.41) is 16.3. The van der Waals surface area contributed by atoms with Crippen molar-refractivity contribution in [2.45, 2.75) is 32.9 Å². The zero-order valence-corrected chi connectivity index (χ0v) is 12.3. The molecule has 1 N–H and O–H groups in total. The van der Waals surface area contributed by atoms with Gasteiger partial charge in [-0.05, 0) is 26.0 Å². The van der Waals surface area contributed by atoms with Crippen molar-refractivity contribution in [2.24, 2.45) is 0 Å². The number of hydrogen-bond acceptors (Lipinski definition) is 3. The molecule has 4 heteroatoms. The number of pyridine rings is 1. The second-order valence-corrected chi connectivity index (χ2v) is 5.18. The average Bonchev–Trinajstić information content (AvgIpc) is 2.86. The Balaban J connectivity index is 1.97. The Bertz CT molecular complexity index is 764. The molecule has 4 nitrogen and oxygen atoms in total. The van der Waals surface area contributed by atoms with E-state index in [0.29, 0.717) is 6.42 Å². The lowest BCUT2D eigenvalue weighted by atomic mass is 10.0. The van der Waals surface area contributed by atoms with Gasteiger partial charge in [0.25, 0.3) is 0 Å². The third-order valence-corrected chi connectivity index (χ3v) is 3.83. The Morgan fingerprint density at radius 2 is 2.00 bits per heavy atom. The van der Waals surface area contributed by atoms with E-state index in [-0.39, 0.29) is 0 Å². The minimum Gasteiger partial charge on any atom is -0.388 e. The largest absolute Gasteiger partial charge is 0.388 e. The molecule has 0 amide bonds. The summed E-state index contributed by atoms with van der Waals surface area (Å²) < 4.78 is 1.98. The number of hydrogen-bond donors (Lipinski definition) is 1. The van der Waals surface area contributed by atoms with Crippen LogP contribution < -0.4 is 0 Å². The molecular formula is C17H19N3O. The van der Waals surface area contributed by atoms with Gasteiger partial charge in [-0.25, -0.2) is 0 Å². The van der Waals surface area contributed by atoms with Gasteiger partial charge >= 0.3 is 0 Å². The molecule has 3 aromatic rings. The van der Waals surface area contributed by atoms with Crippen molar-refractivity contribution in [3.8, 4) is 0 Å². The van der Waals surface area contributed by atoms with Gasteiger partial charge in [0.1, 0.15) is 0 Å². The SMILES string of the molecule is CCn1nc(CC(O)c2cccnc2C)c2ccccc21. The topological polar surface area (TPSA) is 50.9 Å². The van der Waals surface area contributed by atoms with E-state index in [0.717, 1.165) is 34.4 Å². The highest BCUT2D eigenvalue weighted by atomic mass is 16.3. The molecule has 0 aliphatic rings. The second-order valence-electron chi connectivity index (χ2n) is 5.18.